The Kier molecular flexibility index (Phi) is 5.32. The fourth-order valence-corrected chi connectivity index (χ4v) is 3.04. The van der Waals surface area contributed by atoms with Gasteiger partial charge in [-0.2, -0.15) is 13.2 Å². The van der Waals surface area contributed by atoms with E-state index in [1.54, 1.807) is 4.90 Å². The van der Waals surface area contributed by atoms with Crippen LogP contribution < -0.4 is 10.6 Å². The Bertz CT molecular complexity index is 699. The van der Waals surface area contributed by atoms with Crippen LogP contribution in [0.2, 0.25) is 5.02 Å². The van der Waals surface area contributed by atoms with Crippen LogP contribution in [0.25, 0.3) is 0 Å². The van der Waals surface area contributed by atoms with Gasteiger partial charge in [0, 0.05) is 25.0 Å². The number of likely N-dealkylation sites (tertiary alicyclic amines) is 1. The van der Waals surface area contributed by atoms with Gasteiger partial charge in [-0.25, -0.2) is 4.79 Å². The Labute approximate surface area is 153 Å². The molecule has 1 aliphatic heterocycles. The summed E-state index contributed by atoms with van der Waals surface area (Å²) < 4.78 is 38.4. The average molecular weight is 390 g/mol. The predicted octanol–water partition coefficient (Wildman–Crippen LogP) is 3.88. The minimum atomic E-state index is -4.51. The summed E-state index contributed by atoms with van der Waals surface area (Å²) in [5.74, 6) is -0.751. The molecule has 0 unspecified atom stereocenters. The summed E-state index contributed by atoms with van der Waals surface area (Å²) in [5.41, 5.74) is -0.927. The Balaban J connectivity index is 1.56. The second-order valence-corrected chi connectivity index (χ2v) is 7.07. The molecule has 0 aromatic heterocycles. The van der Waals surface area contributed by atoms with Crippen LogP contribution in [0.5, 0.6) is 0 Å². The number of nitrogens with zero attached hydrogens (tertiary/aromatic N) is 1. The number of hydrogen-bond donors (Lipinski definition) is 2. The summed E-state index contributed by atoms with van der Waals surface area (Å²) >= 11 is 5.91. The molecule has 0 bridgehead atoms. The number of rotatable bonds is 3. The zero-order valence-electron chi connectivity index (χ0n) is 13.9. The van der Waals surface area contributed by atoms with Gasteiger partial charge in [-0.05, 0) is 43.9 Å². The van der Waals surface area contributed by atoms with Gasteiger partial charge in [-0.3, -0.25) is 4.79 Å². The van der Waals surface area contributed by atoms with Crippen molar-refractivity contribution in [2.24, 2.45) is 5.92 Å². The van der Waals surface area contributed by atoms with Crippen molar-refractivity contribution in [2.75, 3.05) is 18.4 Å². The number of benzene rings is 1. The van der Waals surface area contributed by atoms with Gasteiger partial charge in [-0.1, -0.05) is 11.6 Å². The van der Waals surface area contributed by atoms with Crippen LogP contribution in [0.15, 0.2) is 18.2 Å². The zero-order chi connectivity index (χ0) is 18.9. The van der Waals surface area contributed by atoms with Crippen molar-refractivity contribution in [3.8, 4) is 0 Å². The summed E-state index contributed by atoms with van der Waals surface area (Å²) in [6.45, 7) is 0.875. The molecule has 1 heterocycles. The van der Waals surface area contributed by atoms with Gasteiger partial charge in [0.25, 0.3) is 0 Å². The van der Waals surface area contributed by atoms with Crippen LogP contribution in [0.3, 0.4) is 0 Å². The molecule has 2 aliphatic rings. The van der Waals surface area contributed by atoms with Crippen molar-refractivity contribution in [3.05, 3.63) is 28.8 Å². The predicted molar refractivity (Wildman–Crippen MR) is 90.9 cm³/mol. The largest absolute Gasteiger partial charge is 0.416 e. The number of anilines is 1. The first-order valence-corrected chi connectivity index (χ1v) is 8.85. The lowest BCUT2D eigenvalue weighted by atomic mass is 9.96. The molecule has 2 N–H and O–H groups in total. The molecule has 1 aromatic rings. The quantitative estimate of drug-likeness (QED) is 0.824. The van der Waals surface area contributed by atoms with E-state index in [0.29, 0.717) is 25.9 Å². The first kappa shape index (κ1) is 18.8. The Hall–Kier alpha value is -1.96. The monoisotopic (exact) mass is 389 g/mol. The van der Waals surface area contributed by atoms with Gasteiger partial charge in [0.05, 0.1) is 16.3 Å². The van der Waals surface area contributed by atoms with Gasteiger partial charge in [0.15, 0.2) is 0 Å². The van der Waals surface area contributed by atoms with Gasteiger partial charge in [0.1, 0.15) is 0 Å². The van der Waals surface area contributed by atoms with E-state index in [0.717, 1.165) is 31.0 Å². The topological polar surface area (TPSA) is 61.4 Å². The SMILES string of the molecule is O=C(Nc1cc(C(F)(F)F)ccc1Cl)C1CCN(C(=O)NC2CC2)CC1. The highest BCUT2D eigenvalue weighted by Crippen LogP contribution is 2.34. The number of amides is 3. The molecular formula is C17H19ClF3N3O2. The van der Waals surface area contributed by atoms with Crippen LogP contribution in [0.1, 0.15) is 31.2 Å². The third-order valence-corrected chi connectivity index (χ3v) is 4.94. The van der Waals surface area contributed by atoms with Gasteiger partial charge in [0.2, 0.25) is 5.91 Å². The first-order chi connectivity index (χ1) is 12.2. The number of carbonyl (C=O) groups excluding carboxylic acids is 2. The third kappa shape index (κ3) is 4.60. The fraction of sp³-hybridized carbons (Fsp3) is 0.529. The van der Waals surface area contributed by atoms with Crippen LogP contribution in [-0.2, 0) is 11.0 Å². The molecule has 142 valence electrons. The molecule has 3 amide bonds. The van der Waals surface area contributed by atoms with E-state index in [4.69, 9.17) is 11.6 Å². The van der Waals surface area contributed by atoms with Crippen LogP contribution >= 0.6 is 11.6 Å². The van der Waals surface area contributed by atoms with Gasteiger partial charge < -0.3 is 15.5 Å². The minimum absolute atomic E-state index is 0.0487. The van der Waals surface area contributed by atoms with Crippen molar-refractivity contribution in [1.29, 1.82) is 0 Å². The minimum Gasteiger partial charge on any atom is -0.335 e. The maximum Gasteiger partial charge on any atom is 0.416 e. The second kappa shape index (κ2) is 7.34. The van der Waals surface area contributed by atoms with E-state index < -0.39 is 11.7 Å². The summed E-state index contributed by atoms with van der Waals surface area (Å²) in [6.07, 6.45) is -1.59. The van der Waals surface area contributed by atoms with E-state index in [2.05, 4.69) is 10.6 Å². The van der Waals surface area contributed by atoms with E-state index >= 15 is 0 Å². The summed E-state index contributed by atoms with van der Waals surface area (Å²) in [7, 11) is 0. The number of nitrogens with one attached hydrogen (secondary N) is 2. The van der Waals surface area contributed by atoms with Crippen molar-refractivity contribution in [3.63, 3.8) is 0 Å². The highest BCUT2D eigenvalue weighted by molar-refractivity contribution is 6.33. The van der Waals surface area contributed by atoms with Crippen molar-refractivity contribution in [2.45, 2.75) is 37.9 Å². The molecule has 9 heteroatoms. The lowest BCUT2D eigenvalue weighted by Crippen LogP contribution is -2.46. The third-order valence-electron chi connectivity index (χ3n) is 4.61. The molecule has 3 rings (SSSR count). The molecule has 1 saturated carbocycles. The Morgan fingerprint density at radius 1 is 1.12 bits per heavy atom. The number of carbonyl (C=O) groups is 2. The van der Waals surface area contributed by atoms with Crippen molar-refractivity contribution < 1.29 is 22.8 Å². The van der Waals surface area contributed by atoms with Gasteiger partial charge in [-0.15, -0.1) is 0 Å². The molecule has 1 saturated heterocycles. The van der Waals surface area contributed by atoms with Crippen LogP contribution in [-0.4, -0.2) is 36.0 Å². The molecule has 0 radical (unpaired) electrons. The number of piperidine rings is 1. The number of halogens is 4. The van der Waals surface area contributed by atoms with Gasteiger partial charge >= 0.3 is 12.2 Å². The molecule has 26 heavy (non-hydrogen) atoms. The summed E-state index contributed by atoms with van der Waals surface area (Å²) in [4.78, 5) is 26.0. The molecular weight excluding hydrogens is 371 g/mol. The van der Waals surface area contributed by atoms with Crippen molar-refractivity contribution >= 4 is 29.2 Å². The molecule has 1 aliphatic carbocycles. The zero-order valence-corrected chi connectivity index (χ0v) is 14.7. The average Bonchev–Trinajstić information content (AvgIpc) is 3.40. The van der Waals surface area contributed by atoms with Crippen molar-refractivity contribution in [1.82, 2.24) is 10.2 Å². The molecule has 0 spiro atoms. The lowest BCUT2D eigenvalue weighted by molar-refractivity contribution is -0.137. The number of urea groups is 1. The molecule has 5 nitrogen and oxygen atoms in total. The lowest BCUT2D eigenvalue weighted by Gasteiger charge is -2.31. The number of alkyl halides is 3. The highest BCUT2D eigenvalue weighted by Gasteiger charge is 2.33. The second-order valence-electron chi connectivity index (χ2n) is 6.67. The van der Waals surface area contributed by atoms with E-state index in [1.165, 1.54) is 0 Å². The maximum absolute atomic E-state index is 12.8. The van der Waals surface area contributed by atoms with Crippen LogP contribution in [0, 0.1) is 5.92 Å². The van der Waals surface area contributed by atoms with E-state index in [9.17, 15) is 22.8 Å². The molecule has 1 aromatic carbocycles. The maximum atomic E-state index is 12.8. The fourth-order valence-electron chi connectivity index (χ4n) is 2.87. The Morgan fingerprint density at radius 3 is 2.35 bits per heavy atom. The highest BCUT2D eigenvalue weighted by atomic mass is 35.5. The van der Waals surface area contributed by atoms with E-state index in [-0.39, 0.29) is 34.6 Å². The number of hydrogen-bond acceptors (Lipinski definition) is 2. The Morgan fingerprint density at radius 2 is 1.77 bits per heavy atom. The van der Waals surface area contributed by atoms with E-state index in [1.807, 2.05) is 0 Å². The standard InChI is InChI=1S/C17H19ClF3N3O2/c18-13-4-1-11(17(19,20)21)9-14(13)23-15(25)10-5-7-24(8-6-10)16(26)22-12-2-3-12/h1,4,9-10,12H,2-3,5-8H2,(H,22,26)(H,23,25). The van der Waals surface area contributed by atoms with Crippen LogP contribution in [0.4, 0.5) is 23.7 Å². The molecule has 2 fully saturated rings. The summed E-state index contributed by atoms with van der Waals surface area (Å²) in [6, 6.07) is 2.97. The normalized spacial score (nSPS) is 18.5. The summed E-state index contributed by atoms with van der Waals surface area (Å²) in [5, 5.41) is 5.44. The first-order valence-electron chi connectivity index (χ1n) is 8.47. The molecule has 0 atom stereocenters. The smallest absolute Gasteiger partial charge is 0.335 e.